The molecular weight excluding hydrogens is 366 g/mol. The van der Waals surface area contributed by atoms with Gasteiger partial charge < -0.3 is 23.4 Å². The first-order valence-corrected chi connectivity index (χ1v) is 12.1. The molecule has 1 aliphatic heterocycles. The van der Waals surface area contributed by atoms with Crippen LogP contribution < -0.4 is 4.89 Å². The Balaban J connectivity index is 2.74. The maximum atomic E-state index is 11.9. The van der Waals surface area contributed by atoms with Gasteiger partial charge in [0, 0.05) is 6.00 Å². The average Bonchev–Trinajstić information content (AvgIpc) is 2.94. The lowest BCUT2D eigenvalue weighted by Gasteiger charge is -2.28. The molecule has 0 bridgehead atoms. The van der Waals surface area contributed by atoms with Crippen LogP contribution in [-0.4, -0.2) is 43.7 Å². The summed E-state index contributed by atoms with van der Waals surface area (Å²) in [5.74, 6) is 0. The van der Waals surface area contributed by atoms with Crippen LogP contribution >= 0.6 is 7.82 Å². The molecule has 1 saturated heterocycles. The molecule has 0 N–H and O–H groups in total. The third-order valence-electron chi connectivity index (χ3n) is 4.80. The van der Waals surface area contributed by atoms with Crippen LogP contribution in [0.3, 0.4) is 0 Å². The van der Waals surface area contributed by atoms with Gasteiger partial charge in [-0.2, -0.15) is 0 Å². The minimum Gasteiger partial charge on any atom is -0.756 e. The number of hydrogen-bond donors (Lipinski definition) is 0. The van der Waals surface area contributed by atoms with Crippen LogP contribution in [0, 0.1) is 0 Å². The Morgan fingerprint density at radius 1 is 1.11 bits per heavy atom. The van der Waals surface area contributed by atoms with E-state index in [2.05, 4.69) is 13.8 Å². The molecule has 0 aliphatic carbocycles. The summed E-state index contributed by atoms with van der Waals surface area (Å²) in [4.78, 5) is 11.9. The van der Waals surface area contributed by atoms with Crippen molar-refractivity contribution in [3.63, 3.8) is 0 Å². The van der Waals surface area contributed by atoms with Gasteiger partial charge in [-0.15, -0.1) is 0 Å². The third kappa shape index (κ3) is 9.91. The number of phosphoric acid groups is 1. The fourth-order valence-electron chi connectivity index (χ4n) is 3.59. The summed E-state index contributed by atoms with van der Waals surface area (Å²) in [6.07, 6.45) is 6.83. The van der Waals surface area contributed by atoms with E-state index in [4.69, 9.17) is 18.5 Å². The van der Waals surface area contributed by atoms with Crippen LogP contribution in [0.2, 0.25) is 12.6 Å². The maximum Gasteiger partial charge on any atom is 0.268 e. The molecule has 0 amide bonds. The van der Waals surface area contributed by atoms with Gasteiger partial charge in [0.25, 0.3) is 7.82 Å². The van der Waals surface area contributed by atoms with Crippen LogP contribution in [0.5, 0.6) is 0 Å². The smallest absolute Gasteiger partial charge is 0.268 e. The Morgan fingerprint density at radius 3 is 2.19 bits per heavy atom. The fraction of sp³-hybridized carbons (Fsp3) is 1.00. The fourth-order valence-corrected chi connectivity index (χ4v) is 4.50. The van der Waals surface area contributed by atoms with Crippen LogP contribution in [0.1, 0.15) is 73.6 Å². The van der Waals surface area contributed by atoms with E-state index in [1.54, 1.807) is 13.8 Å². The van der Waals surface area contributed by atoms with Gasteiger partial charge in [-0.05, 0) is 34.1 Å². The molecule has 0 aromatic rings. The van der Waals surface area contributed by atoms with Gasteiger partial charge in [-0.1, -0.05) is 52.2 Å². The predicted molar refractivity (Wildman–Crippen MR) is 108 cm³/mol. The first-order valence-electron chi connectivity index (χ1n) is 10.6. The van der Waals surface area contributed by atoms with Crippen molar-refractivity contribution in [1.29, 1.82) is 0 Å². The predicted octanol–water partition coefficient (Wildman–Crippen LogP) is 4.48. The normalized spacial score (nSPS) is 25.3. The molecule has 1 fully saturated rings. The van der Waals surface area contributed by atoms with Gasteiger partial charge in [0.1, 0.15) is 6.10 Å². The van der Waals surface area contributed by atoms with Gasteiger partial charge in [-0.3, -0.25) is 4.57 Å². The highest BCUT2D eigenvalue weighted by molar-refractivity contribution is 7.45. The molecule has 0 saturated carbocycles. The Bertz CT molecular complexity index is 440. The van der Waals surface area contributed by atoms with Gasteiger partial charge >= 0.3 is 0 Å². The molecule has 0 aromatic carbocycles. The average molecular weight is 405 g/mol. The van der Waals surface area contributed by atoms with Gasteiger partial charge in [-0.25, -0.2) is 0 Å². The van der Waals surface area contributed by atoms with Crippen molar-refractivity contribution in [2.24, 2.45) is 0 Å². The van der Waals surface area contributed by atoms with Gasteiger partial charge in [0.05, 0.1) is 24.9 Å². The Labute approximate surface area is 166 Å². The quantitative estimate of drug-likeness (QED) is 0.313. The lowest BCUT2D eigenvalue weighted by Crippen LogP contribution is -2.32. The highest BCUT2D eigenvalue weighted by Crippen LogP contribution is 2.41. The monoisotopic (exact) mass is 405 g/mol. The van der Waals surface area contributed by atoms with E-state index in [1.807, 2.05) is 13.8 Å². The number of ether oxygens (including phenoxy) is 2. The van der Waals surface area contributed by atoms with Crippen molar-refractivity contribution in [1.82, 2.24) is 0 Å². The van der Waals surface area contributed by atoms with Crippen LogP contribution in [0.25, 0.3) is 0 Å². The third-order valence-corrected chi connectivity index (χ3v) is 5.94. The molecule has 8 heteroatoms. The molecule has 0 radical (unpaired) electrons. The zero-order valence-corrected chi connectivity index (χ0v) is 18.9. The summed E-state index contributed by atoms with van der Waals surface area (Å²) in [5.41, 5.74) is 0. The lowest BCUT2D eigenvalue weighted by atomic mass is 9.39. The number of phosphoric ester groups is 1. The molecule has 1 aliphatic rings. The summed E-state index contributed by atoms with van der Waals surface area (Å²) in [6, 6.07) is 0.0949. The molecule has 6 nitrogen and oxygen atoms in total. The standard InChI is InChI=1S/C19H40BO6P/c1-7-9-11-20(12-10-8-2)19-13-17(24-15(3)4)18(25-19)14-23-27(21,22)26-16(5)6/h15-19H,7-14H2,1-6H3,(H,21,22)/p-1/t17-,18-,19-/m1/s1. The maximum absolute atomic E-state index is 11.9. The lowest BCUT2D eigenvalue weighted by molar-refractivity contribution is -0.231. The molecular formula is C19H39BO6P-. The molecule has 1 heterocycles. The first kappa shape index (κ1) is 25.1. The Hall–Kier alpha value is 0.0949. The van der Waals surface area contributed by atoms with E-state index < -0.39 is 13.9 Å². The topological polar surface area (TPSA) is 77.1 Å². The second kappa shape index (κ2) is 12.6. The van der Waals surface area contributed by atoms with Gasteiger partial charge in [0.15, 0.2) is 6.71 Å². The van der Waals surface area contributed by atoms with Gasteiger partial charge in [0.2, 0.25) is 0 Å². The van der Waals surface area contributed by atoms with Crippen LogP contribution in [0.4, 0.5) is 0 Å². The second-order valence-corrected chi connectivity index (χ2v) is 9.48. The summed E-state index contributed by atoms with van der Waals surface area (Å²) >= 11 is 0. The highest BCUT2D eigenvalue weighted by atomic mass is 31.2. The largest absolute Gasteiger partial charge is 0.756 e. The zero-order chi connectivity index (χ0) is 20.4. The highest BCUT2D eigenvalue weighted by Gasteiger charge is 2.41. The summed E-state index contributed by atoms with van der Waals surface area (Å²) < 4.78 is 34.2. The Morgan fingerprint density at radius 2 is 1.70 bits per heavy atom. The minimum atomic E-state index is -4.33. The first-order chi connectivity index (χ1) is 12.7. The number of rotatable bonds is 14. The Kier molecular flexibility index (Phi) is 11.7. The van der Waals surface area contributed by atoms with E-state index in [0.29, 0.717) is 6.71 Å². The SMILES string of the molecule is CCCCB(CCCC)[C@H]1C[C@@H](OC(C)C)[C@@H](COP(=O)([O-])OC(C)C)O1. The summed E-state index contributed by atoms with van der Waals surface area (Å²) in [5, 5.41) is 0. The van der Waals surface area contributed by atoms with E-state index in [9.17, 15) is 9.46 Å². The van der Waals surface area contributed by atoms with Crippen molar-refractivity contribution in [2.45, 2.75) is 117 Å². The molecule has 160 valence electrons. The van der Waals surface area contributed by atoms with E-state index in [1.165, 1.54) is 25.7 Å². The summed E-state index contributed by atoms with van der Waals surface area (Å²) in [7, 11) is -4.33. The number of unbranched alkanes of at least 4 members (excludes halogenated alkanes) is 2. The second-order valence-electron chi connectivity index (χ2n) is 8.11. The zero-order valence-electron chi connectivity index (χ0n) is 18.0. The summed E-state index contributed by atoms with van der Waals surface area (Å²) in [6.45, 7) is 12.1. The van der Waals surface area contributed by atoms with E-state index >= 15 is 0 Å². The van der Waals surface area contributed by atoms with Crippen LogP contribution in [-0.2, 0) is 23.1 Å². The van der Waals surface area contributed by atoms with Crippen molar-refractivity contribution >= 4 is 14.5 Å². The van der Waals surface area contributed by atoms with Crippen molar-refractivity contribution in [3.8, 4) is 0 Å². The van der Waals surface area contributed by atoms with Crippen molar-refractivity contribution < 1.29 is 28.0 Å². The van der Waals surface area contributed by atoms with E-state index in [0.717, 1.165) is 19.1 Å². The van der Waals surface area contributed by atoms with E-state index in [-0.39, 0.29) is 30.9 Å². The van der Waals surface area contributed by atoms with Crippen molar-refractivity contribution in [3.05, 3.63) is 0 Å². The van der Waals surface area contributed by atoms with Crippen LogP contribution in [0.15, 0.2) is 0 Å². The molecule has 1 rings (SSSR count). The molecule has 0 spiro atoms. The molecule has 27 heavy (non-hydrogen) atoms. The molecule has 0 aromatic heterocycles. The minimum absolute atomic E-state index is 0.0514. The molecule has 4 atom stereocenters. The molecule has 1 unspecified atom stereocenters. The number of hydrogen-bond acceptors (Lipinski definition) is 6. The van der Waals surface area contributed by atoms with Crippen molar-refractivity contribution in [2.75, 3.05) is 6.61 Å².